The second kappa shape index (κ2) is 23.2. The highest BCUT2D eigenvalue weighted by Gasteiger charge is 2.38. The van der Waals surface area contributed by atoms with Crippen LogP contribution >= 0.6 is 0 Å². The Labute approximate surface area is 301 Å². The number of unbranched alkanes of at least 4 members (excludes halogenated alkanes) is 8. The molecule has 0 aliphatic heterocycles. The average Bonchev–Trinajstić information content (AvgIpc) is 3.16. The molecule has 0 unspecified atom stereocenters. The van der Waals surface area contributed by atoms with Crippen LogP contribution in [-0.2, 0) is 28.6 Å². The van der Waals surface area contributed by atoms with Crippen LogP contribution < -0.4 is 18.9 Å². The van der Waals surface area contributed by atoms with Crippen molar-refractivity contribution in [2.24, 2.45) is 5.41 Å². The number of hydrogen-bond acceptors (Lipinski definition) is 11. The lowest BCUT2D eigenvalue weighted by Crippen LogP contribution is -2.40. The number of benzene rings is 2. The molecule has 276 valence electrons. The molecule has 2 rings (SSSR count). The number of esters is 3. The first-order valence-electron chi connectivity index (χ1n) is 17.0. The van der Waals surface area contributed by atoms with E-state index in [0.29, 0.717) is 47.2 Å². The van der Waals surface area contributed by atoms with Gasteiger partial charge in [-0.1, -0.05) is 64.2 Å². The molecule has 0 fully saturated rings. The Morgan fingerprint density at radius 3 is 1.73 bits per heavy atom. The Kier molecular flexibility index (Phi) is 19.1. The van der Waals surface area contributed by atoms with E-state index >= 15 is 0 Å². The maximum atomic E-state index is 12.7. The Morgan fingerprint density at radius 1 is 0.686 bits per heavy atom. The van der Waals surface area contributed by atoms with Crippen molar-refractivity contribution in [2.75, 3.05) is 47.8 Å². The number of ether oxygens (including phenoxy) is 7. The van der Waals surface area contributed by atoms with Crippen molar-refractivity contribution in [3.05, 3.63) is 72.8 Å². The van der Waals surface area contributed by atoms with Crippen LogP contribution in [0.4, 0.5) is 0 Å². The molecule has 51 heavy (non-hydrogen) atoms. The van der Waals surface area contributed by atoms with E-state index in [2.05, 4.69) is 19.2 Å². The number of methoxy groups -OCH3 is 3. The highest BCUT2D eigenvalue weighted by molar-refractivity contribution is 5.90. The lowest BCUT2D eigenvalue weighted by atomic mass is 9.93. The van der Waals surface area contributed by atoms with Crippen LogP contribution in [-0.4, -0.2) is 65.7 Å². The van der Waals surface area contributed by atoms with Crippen molar-refractivity contribution in [2.45, 2.75) is 64.7 Å². The van der Waals surface area contributed by atoms with Crippen molar-refractivity contribution >= 4 is 29.6 Å². The summed E-state index contributed by atoms with van der Waals surface area (Å²) in [7, 11) is 4.72. The molecule has 11 nitrogen and oxygen atoms in total. The molecule has 0 aliphatic carbocycles. The zero-order chi connectivity index (χ0) is 37.5. The summed E-state index contributed by atoms with van der Waals surface area (Å²) in [5.41, 5.74) is 0.659. The first kappa shape index (κ1) is 41.9. The van der Waals surface area contributed by atoms with Gasteiger partial charge in [0.05, 0.1) is 46.2 Å². The van der Waals surface area contributed by atoms with Crippen LogP contribution in [0.1, 0.15) is 75.8 Å². The maximum Gasteiger partial charge on any atom is 0.330 e. The summed E-state index contributed by atoms with van der Waals surface area (Å²) in [6.45, 7) is 8.37. The number of allylic oxidation sites excluding steroid dienone is 1. The van der Waals surface area contributed by atoms with Crippen LogP contribution in [0.15, 0.2) is 61.7 Å². The van der Waals surface area contributed by atoms with E-state index in [1.165, 1.54) is 6.92 Å². The maximum absolute atomic E-state index is 12.7. The van der Waals surface area contributed by atoms with Crippen LogP contribution in [0, 0.1) is 16.7 Å². The van der Waals surface area contributed by atoms with Crippen LogP contribution in [0.2, 0.25) is 0 Å². The van der Waals surface area contributed by atoms with Gasteiger partial charge in [0, 0.05) is 12.2 Å². The van der Waals surface area contributed by atoms with Gasteiger partial charge in [-0.15, -0.1) is 0 Å². The third-order valence-corrected chi connectivity index (χ3v) is 7.99. The van der Waals surface area contributed by atoms with E-state index in [0.717, 1.165) is 69.1 Å². The predicted molar refractivity (Wildman–Crippen MR) is 194 cm³/mol. The molecule has 0 aliphatic rings. The number of carbonyl (C=O) groups excluding carboxylic acids is 3. The molecule has 0 saturated heterocycles. The molecule has 0 saturated carbocycles. The number of nitrogens with zero attached hydrogens (tertiary/aromatic N) is 1. The van der Waals surface area contributed by atoms with Crippen molar-refractivity contribution < 1.29 is 47.5 Å². The van der Waals surface area contributed by atoms with Crippen molar-refractivity contribution in [3.8, 4) is 29.1 Å². The fourth-order valence-corrected chi connectivity index (χ4v) is 4.94. The summed E-state index contributed by atoms with van der Waals surface area (Å²) in [4.78, 5) is 35.7. The van der Waals surface area contributed by atoms with E-state index < -0.39 is 23.3 Å². The number of nitriles is 1. The van der Waals surface area contributed by atoms with Crippen LogP contribution in [0.5, 0.6) is 23.0 Å². The molecule has 0 radical (unpaired) electrons. The lowest BCUT2D eigenvalue weighted by molar-refractivity contribution is -0.167. The Morgan fingerprint density at radius 2 is 1.20 bits per heavy atom. The van der Waals surface area contributed by atoms with Gasteiger partial charge in [-0.2, -0.15) is 5.26 Å². The molecule has 11 heteroatoms. The van der Waals surface area contributed by atoms with E-state index in [-0.39, 0.29) is 19.8 Å². The van der Waals surface area contributed by atoms with Crippen LogP contribution in [0.3, 0.4) is 0 Å². The molecule has 0 N–H and O–H groups in total. The molecule has 0 aromatic heterocycles. The fourth-order valence-electron chi connectivity index (χ4n) is 4.94. The molecule has 0 atom stereocenters. The number of rotatable bonds is 25. The summed E-state index contributed by atoms with van der Waals surface area (Å²) >= 11 is 0. The molecule has 0 bridgehead atoms. The monoisotopic (exact) mass is 705 g/mol. The molecule has 2 aromatic rings. The molecular formula is C40H51NO10. The van der Waals surface area contributed by atoms with Gasteiger partial charge in [0.25, 0.3) is 0 Å². The first-order valence-corrected chi connectivity index (χ1v) is 17.0. The minimum absolute atomic E-state index is 0.226. The normalized spacial score (nSPS) is 11.1. The Bertz CT molecular complexity index is 1500. The van der Waals surface area contributed by atoms with Gasteiger partial charge in [-0.3, -0.25) is 4.79 Å². The molecular weight excluding hydrogens is 654 g/mol. The first-order chi connectivity index (χ1) is 24.6. The average molecular weight is 706 g/mol. The van der Waals surface area contributed by atoms with E-state index in [4.69, 9.17) is 33.2 Å². The van der Waals surface area contributed by atoms with Gasteiger partial charge in [0.1, 0.15) is 18.6 Å². The smallest absolute Gasteiger partial charge is 0.330 e. The van der Waals surface area contributed by atoms with E-state index in [9.17, 15) is 19.6 Å². The largest absolute Gasteiger partial charge is 0.493 e. The van der Waals surface area contributed by atoms with Gasteiger partial charge in [0.15, 0.2) is 23.0 Å². The van der Waals surface area contributed by atoms with Gasteiger partial charge in [-0.05, 0) is 67.3 Å². The summed E-state index contributed by atoms with van der Waals surface area (Å²) in [6, 6.07) is 13.2. The fraction of sp³-hybridized carbons (Fsp3) is 0.450. The van der Waals surface area contributed by atoms with E-state index in [1.54, 1.807) is 39.5 Å². The summed E-state index contributed by atoms with van der Waals surface area (Å²) in [5, 5.41) is 9.81. The third-order valence-electron chi connectivity index (χ3n) is 7.99. The van der Waals surface area contributed by atoms with Crippen molar-refractivity contribution in [3.63, 3.8) is 0 Å². The van der Waals surface area contributed by atoms with Crippen molar-refractivity contribution in [1.29, 1.82) is 5.26 Å². The summed E-state index contributed by atoms with van der Waals surface area (Å²) < 4.78 is 37.7. The predicted octanol–water partition coefficient (Wildman–Crippen LogP) is 7.67. The quantitative estimate of drug-likeness (QED) is 0.0251. The van der Waals surface area contributed by atoms with Crippen molar-refractivity contribution in [1.82, 2.24) is 0 Å². The number of carbonyl (C=O) groups is 3. The summed E-state index contributed by atoms with van der Waals surface area (Å²) in [6.07, 6.45) is 12.9. The zero-order valence-electron chi connectivity index (χ0n) is 30.3. The van der Waals surface area contributed by atoms with E-state index in [1.807, 2.05) is 24.3 Å². The van der Waals surface area contributed by atoms with Crippen LogP contribution in [0.25, 0.3) is 11.6 Å². The van der Waals surface area contributed by atoms with Gasteiger partial charge >= 0.3 is 17.9 Å². The SMILES string of the molecule is C=CC(=O)OCC(C)(COC(=O)C=C)C(=O)OCCCCCCCCCCCOc1ccc(/C=C(\C#N)c2ccc(OC)c(OC)c2)cc1OC. The molecule has 0 heterocycles. The zero-order valence-corrected chi connectivity index (χ0v) is 30.3. The molecule has 0 amide bonds. The highest BCUT2D eigenvalue weighted by Crippen LogP contribution is 2.33. The topological polar surface area (TPSA) is 140 Å². The minimum Gasteiger partial charge on any atom is -0.493 e. The molecule has 0 spiro atoms. The minimum atomic E-state index is -1.34. The Balaban J connectivity index is 1.66. The lowest BCUT2D eigenvalue weighted by Gasteiger charge is -2.26. The van der Waals surface area contributed by atoms with Gasteiger partial charge < -0.3 is 33.2 Å². The molecule has 2 aromatic carbocycles. The second-order valence-corrected chi connectivity index (χ2v) is 12.0. The number of hydrogen-bond donors (Lipinski definition) is 0. The van der Waals surface area contributed by atoms with Gasteiger partial charge in [0.2, 0.25) is 0 Å². The third kappa shape index (κ3) is 14.6. The van der Waals surface area contributed by atoms with Gasteiger partial charge in [-0.25, -0.2) is 9.59 Å². The standard InChI is InChI=1S/C40H51NO10/c1-7-37(42)50-28-40(3,29-51-38(43)8-2)39(44)49-23-17-15-13-11-9-10-12-14-16-22-48-34-20-18-30(25-35(34)46-5)24-32(27-41)31-19-21-33(45-4)36(26-31)47-6/h7-8,18-21,24-26H,1-2,9-17,22-23,28-29H2,3-6H3/b32-24+. The highest BCUT2D eigenvalue weighted by atomic mass is 16.6. The Hall–Kier alpha value is -5.24. The summed E-state index contributed by atoms with van der Waals surface area (Å²) in [5.74, 6) is 0.414. The second-order valence-electron chi connectivity index (χ2n) is 12.0.